The van der Waals surface area contributed by atoms with Crippen molar-refractivity contribution in [3.05, 3.63) is 39.0 Å². The molecule has 0 spiro atoms. The van der Waals surface area contributed by atoms with E-state index in [1.165, 1.54) is 7.11 Å². The maximum absolute atomic E-state index is 9.86. The number of methoxy groups -OCH3 is 4. The van der Waals surface area contributed by atoms with E-state index in [9.17, 15) is 5.11 Å². The van der Waals surface area contributed by atoms with Crippen LogP contribution in [0.25, 0.3) is 0 Å². The van der Waals surface area contributed by atoms with Crippen LogP contribution in [-0.4, -0.2) is 39.6 Å². The average Bonchev–Trinajstić information content (AvgIpc) is 2.68. The van der Waals surface area contributed by atoms with Gasteiger partial charge in [0.1, 0.15) is 23.4 Å². The number of ether oxygens (including phenoxy) is 5. The van der Waals surface area contributed by atoms with Gasteiger partial charge in [-0.25, -0.2) is 0 Å². The maximum atomic E-state index is 9.86. The number of benzene rings is 2. The second kappa shape index (κ2) is 7.79. The molecule has 0 saturated carbocycles. The average molecular weight is 472 g/mol. The summed E-state index contributed by atoms with van der Waals surface area (Å²) in [6.45, 7) is 0. The van der Waals surface area contributed by atoms with Crippen LogP contribution < -0.4 is 18.9 Å². The second-order valence-electron chi connectivity index (χ2n) is 5.85. The third-order valence-electron chi connectivity index (χ3n) is 4.51. The van der Waals surface area contributed by atoms with Crippen molar-refractivity contribution < 1.29 is 28.8 Å². The molecule has 1 aliphatic heterocycles. The minimum absolute atomic E-state index is 0.0827. The molecule has 6 nitrogen and oxygen atoms in total. The zero-order chi connectivity index (χ0) is 18.8. The number of phenolic OH excluding ortho intramolecular Hbond substituents is 1. The Morgan fingerprint density at radius 2 is 1.69 bits per heavy atom. The number of hydrogen-bond acceptors (Lipinski definition) is 6. The van der Waals surface area contributed by atoms with Crippen LogP contribution >= 0.6 is 22.6 Å². The summed E-state index contributed by atoms with van der Waals surface area (Å²) in [5.41, 5.74) is 1.81. The first-order chi connectivity index (χ1) is 12.5. The number of rotatable bonds is 5. The fraction of sp³-hybridized carbons (Fsp3) is 0.368. The number of hydrogen-bond donors (Lipinski definition) is 1. The second-order valence-corrected chi connectivity index (χ2v) is 6.93. The van der Waals surface area contributed by atoms with E-state index in [-0.39, 0.29) is 18.0 Å². The molecule has 2 aromatic carbocycles. The first kappa shape index (κ1) is 18.9. The first-order valence-corrected chi connectivity index (χ1v) is 9.11. The predicted molar refractivity (Wildman–Crippen MR) is 105 cm³/mol. The Balaban J connectivity index is 2.09. The topological polar surface area (TPSA) is 66.4 Å². The Morgan fingerprint density at radius 3 is 2.31 bits per heavy atom. The Labute approximate surface area is 166 Å². The standard InChI is InChI=1S/C19H21IO6/c1-22-13-9-15(24-3)17(20)19-11(13)8-16(25-4)18(26-19)10-5-6-12(21)14(7-10)23-2/h5-7,9,16,18,21H,8H2,1-4H3. The number of phenols is 1. The number of aromatic hydroxyl groups is 1. The van der Waals surface area contributed by atoms with E-state index < -0.39 is 0 Å². The maximum Gasteiger partial charge on any atom is 0.160 e. The lowest BCUT2D eigenvalue weighted by Gasteiger charge is -2.34. The summed E-state index contributed by atoms with van der Waals surface area (Å²) in [4.78, 5) is 0. The van der Waals surface area contributed by atoms with E-state index in [1.807, 2.05) is 12.1 Å². The van der Waals surface area contributed by atoms with Crippen molar-refractivity contribution in [3.63, 3.8) is 0 Å². The molecular formula is C19H21IO6. The summed E-state index contributed by atoms with van der Waals surface area (Å²) < 4.78 is 29.1. The van der Waals surface area contributed by atoms with Crippen LogP contribution in [0.3, 0.4) is 0 Å². The molecule has 0 amide bonds. The van der Waals surface area contributed by atoms with E-state index in [2.05, 4.69) is 22.6 Å². The molecule has 0 bridgehead atoms. The third kappa shape index (κ3) is 3.25. The molecule has 7 heteroatoms. The van der Waals surface area contributed by atoms with Crippen molar-refractivity contribution in [1.82, 2.24) is 0 Å². The number of fused-ring (bicyclic) bond motifs is 1. The summed E-state index contributed by atoms with van der Waals surface area (Å²) in [6, 6.07) is 7.03. The summed E-state index contributed by atoms with van der Waals surface area (Å²) in [5, 5.41) is 9.86. The van der Waals surface area contributed by atoms with Crippen LogP contribution in [0.2, 0.25) is 0 Å². The molecule has 0 radical (unpaired) electrons. The van der Waals surface area contributed by atoms with Crippen molar-refractivity contribution in [2.45, 2.75) is 18.6 Å². The van der Waals surface area contributed by atoms with Crippen molar-refractivity contribution >= 4 is 22.6 Å². The van der Waals surface area contributed by atoms with Gasteiger partial charge in [-0.2, -0.15) is 0 Å². The molecule has 0 fully saturated rings. The Kier molecular flexibility index (Phi) is 5.67. The lowest BCUT2D eigenvalue weighted by molar-refractivity contribution is -0.0127. The van der Waals surface area contributed by atoms with Crippen LogP contribution in [0.15, 0.2) is 24.3 Å². The molecule has 26 heavy (non-hydrogen) atoms. The summed E-state index contributed by atoms with van der Waals surface area (Å²) in [5.74, 6) is 2.61. The smallest absolute Gasteiger partial charge is 0.160 e. The predicted octanol–water partition coefficient (Wildman–Crippen LogP) is 3.71. The molecule has 1 aliphatic rings. The van der Waals surface area contributed by atoms with Crippen LogP contribution in [0.5, 0.6) is 28.7 Å². The van der Waals surface area contributed by atoms with Gasteiger partial charge in [-0.05, 0) is 40.3 Å². The molecule has 0 aliphatic carbocycles. The van der Waals surface area contributed by atoms with Crippen molar-refractivity contribution in [1.29, 1.82) is 0 Å². The molecule has 1 N–H and O–H groups in total. The monoisotopic (exact) mass is 472 g/mol. The van der Waals surface area contributed by atoms with Gasteiger partial charge >= 0.3 is 0 Å². The van der Waals surface area contributed by atoms with E-state index in [4.69, 9.17) is 23.7 Å². The van der Waals surface area contributed by atoms with Gasteiger partial charge in [0.25, 0.3) is 0 Å². The van der Waals surface area contributed by atoms with Crippen LogP contribution in [0, 0.1) is 3.57 Å². The van der Waals surface area contributed by atoms with Crippen molar-refractivity contribution in [2.75, 3.05) is 28.4 Å². The van der Waals surface area contributed by atoms with Crippen molar-refractivity contribution in [2.24, 2.45) is 0 Å². The Bertz CT molecular complexity index is 807. The van der Waals surface area contributed by atoms with E-state index >= 15 is 0 Å². The lowest BCUT2D eigenvalue weighted by Crippen LogP contribution is -2.32. The van der Waals surface area contributed by atoms with Crippen LogP contribution in [-0.2, 0) is 11.2 Å². The molecule has 0 aromatic heterocycles. The summed E-state index contributed by atoms with van der Waals surface area (Å²) in [7, 11) is 6.42. The van der Waals surface area contributed by atoms with Gasteiger partial charge in [-0.1, -0.05) is 6.07 Å². The fourth-order valence-corrected chi connectivity index (χ4v) is 3.97. The number of halogens is 1. The van der Waals surface area contributed by atoms with E-state index in [0.717, 1.165) is 20.4 Å². The van der Waals surface area contributed by atoms with Gasteiger partial charge in [0.05, 0.1) is 24.9 Å². The largest absolute Gasteiger partial charge is 0.504 e. The first-order valence-electron chi connectivity index (χ1n) is 8.03. The zero-order valence-electron chi connectivity index (χ0n) is 15.0. The highest BCUT2D eigenvalue weighted by atomic mass is 127. The molecule has 2 aromatic rings. The van der Waals surface area contributed by atoms with Crippen LogP contribution in [0.1, 0.15) is 17.2 Å². The molecule has 1 heterocycles. The van der Waals surface area contributed by atoms with E-state index in [0.29, 0.717) is 23.7 Å². The van der Waals surface area contributed by atoms with Crippen molar-refractivity contribution in [3.8, 4) is 28.7 Å². The highest BCUT2D eigenvalue weighted by Crippen LogP contribution is 2.47. The molecule has 2 unspecified atom stereocenters. The molecular weight excluding hydrogens is 451 g/mol. The van der Waals surface area contributed by atoms with Gasteiger partial charge in [0.2, 0.25) is 0 Å². The van der Waals surface area contributed by atoms with Gasteiger partial charge in [-0.3, -0.25) is 0 Å². The van der Waals surface area contributed by atoms with Gasteiger partial charge < -0.3 is 28.8 Å². The summed E-state index contributed by atoms with van der Waals surface area (Å²) >= 11 is 2.21. The summed E-state index contributed by atoms with van der Waals surface area (Å²) in [6.07, 6.45) is 0.0604. The quantitative estimate of drug-likeness (QED) is 0.670. The minimum Gasteiger partial charge on any atom is -0.504 e. The van der Waals surface area contributed by atoms with Crippen LogP contribution in [0.4, 0.5) is 0 Å². The molecule has 140 valence electrons. The highest BCUT2D eigenvalue weighted by molar-refractivity contribution is 14.1. The molecule has 3 rings (SSSR count). The molecule has 2 atom stereocenters. The minimum atomic E-state index is -0.354. The van der Waals surface area contributed by atoms with Gasteiger partial charge in [-0.15, -0.1) is 0 Å². The van der Waals surface area contributed by atoms with Gasteiger partial charge in [0, 0.05) is 25.2 Å². The van der Waals surface area contributed by atoms with E-state index in [1.54, 1.807) is 33.5 Å². The highest BCUT2D eigenvalue weighted by Gasteiger charge is 2.36. The Hall–Kier alpha value is -1.87. The third-order valence-corrected chi connectivity index (χ3v) is 5.53. The zero-order valence-corrected chi connectivity index (χ0v) is 17.2. The normalized spacial score (nSPS) is 18.7. The Morgan fingerprint density at radius 1 is 1.00 bits per heavy atom. The van der Waals surface area contributed by atoms with Gasteiger partial charge in [0.15, 0.2) is 17.6 Å². The SMILES string of the molecule is COc1cc(C2Oc3c(I)c(OC)cc(OC)c3CC2OC)ccc1O. The lowest BCUT2D eigenvalue weighted by atomic mass is 9.93. The molecule has 0 saturated heterocycles. The fourth-order valence-electron chi connectivity index (χ4n) is 3.14.